The van der Waals surface area contributed by atoms with Crippen LogP contribution in [0.5, 0.6) is 5.75 Å². The highest BCUT2D eigenvalue weighted by atomic mass is 19.1. The molecule has 0 amide bonds. The van der Waals surface area contributed by atoms with Gasteiger partial charge in [0.2, 0.25) is 0 Å². The SMILES string of the molecule is N#C/C(=C/c1ccc(OCc2ccc(C(=O)O)cc2)cc1)c1cccc(F)c1. The molecule has 4 nitrogen and oxygen atoms in total. The molecule has 0 saturated carbocycles. The van der Waals surface area contributed by atoms with Gasteiger partial charge in [0.1, 0.15) is 18.2 Å². The summed E-state index contributed by atoms with van der Waals surface area (Å²) in [7, 11) is 0. The third-order valence-corrected chi connectivity index (χ3v) is 4.05. The fourth-order valence-corrected chi connectivity index (χ4v) is 2.57. The molecule has 0 radical (unpaired) electrons. The highest BCUT2D eigenvalue weighted by Gasteiger charge is 2.04. The van der Waals surface area contributed by atoms with Gasteiger partial charge in [-0.3, -0.25) is 0 Å². The molecule has 3 aromatic rings. The van der Waals surface area contributed by atoms with E-state index in [0.717, 1.165) is 11.1 Å². The summed E-state index contributed by atoms with van der Waals surface area (Å²) >= 11 is 0. The molecule has 138 valence electrons. The van der Waals surface area contributed by atoms with Crippen molar-refractivity contribution in [3.63, 3.8) is 0 Å². The fourth-order valence-electron chi connectivity index (χ4n) is 2.57. The minimum absolute atomic E-state index is 0.228. The molecule has 0 aliphatic heterocycles. The van der Waals surface area contributed by atoms with Crippen molar-refractivity contribution >= 4 is 17.6 Å². The van der Waals surface area contributed by atoms with E-state index >= 15 is 0 Å². The fraction of sp³-hybridized carbons (Fsp3) is 0.0435. The van der Waals surface area contributed by atoms with Crippen LogP contribution in [-0.2, 0) is 6.61 Å². The van der Waals surface area contributed by atoms with Gasteiger partial charge in [0, 0.05) is 0 Å². The Kier molecular flexibility index (Phi) is 5.83. The normalized spacial score (nSPS) is 10.9. The van der Waals surface area contributed by atoms with Gasteiger partial charge in [-0.15, -0.1) is 0 Å². The van der Waals surface area contributed by atoms with Crippen LogP contribution in [0.15, 0.2) is 72.8 Å². The van der Waals surface area contributed by atoms with E-state index < -0.39 is 11.8 Å². The largest absolute Gasteiger partial charge is 0.489 e. The molecule has 0 aliphatic rings. The molecule has 0 fully saturated rings. The van der Waals surface area contributed by atoms with E-state index in [1.165, 1.54) is 24.3 Å². The van der Waals surface area contributed by atoms with Crippen LogP contribution in [0.4, 0.5) is 4.39 Å². The Balaban J connectivity index is 1.67. The Morgan fingerprint density at radius 3 is 2.36 bits per heavy atom. The number of carboxylic acid groups (broad SMARTS) is 1. The summed E-state index contributed by atoms with van der Waals surface area (Å²) in [5, 5.41) is 18.2. The van der Waals surface area contributed by atoms with E-state index in [2.05, 4.69) is 6.07 Å². The monoisotopic (exact) mass is 373 g/mol. The van der Waals surface area contributed by atoms with Crippen molar-refractivity contribution in [1.29, 1.82) is 5.26 Å². The van der Waals surface area contributed by atoms with Crippen molar-refractivity contribution < 1.29 is 19.0 Å². The molecule has 0 saturated heterocycles. The van der Waals surface area contributed by atoms with Crippen molar-refractivity contribution in [3.8, 4) is 11.8 Å². The second kappa shape index (κ2) is 8.65. The van der Waals surface area contributed by atoms with Crippen LogP contribution < -0.4 is 4.74 Å². The van der Waals surface area contributed by atoms with Crippen molar-refractivity contribution in [1.82, 2.24) is 0 Å². The number of nitriles is 1. The first-order valence-corrected chi connectivity index (χ1v) is 8.48. The maximum absolute atomic E-state index is 13.4. The standard InChI is InChI=1S/C23H16FNO3/c24-21-3-1-2-19(13-21)20(14-25)12-16-6-10-22(11-7-16)28-15-17-4-8-18(9-5-17)23(26)27/h1-13H,15H2,(H,26,27)/b20-12-. The predicted octanol–water partition coefficient (Wildman–Crippen LogP) is 5.17. The van der Waals surface area contributed by atoms with Crippen LogP contribution in [0.1, 0.15) is 27.0 Å². The second-order valence-corrected chi connectivity index (χ2v) is 6.04. The molecule has 3 aromatic carbocycles. The van der Waals surface area contributed by atoms with E-state index in [1.807, 2.05) is 0 Å². The molecule has 0 heterocycles. The summed E-state index contributed by atoms with van der Waals surface area (Å²) in [6, 6.07) is 21.6. The van der Waals surface area contributed by atoms with Gasteiger partial charge < -0.3 is 9.84 Å². The number of ether oxygens (including phenoxy) is 1. The lowest BCUT2D eigenvalue weighted by molar-refractivity contribution is 0.0697. The molecular formula is C23H16FNO3. The molecule has 0 atom stereocenters. The van der Waals surface area contributed by atoms with Gasteiger partial charge >= 0.3 is 5.97 Å². The minimum atomic E-state index is -0.967. The van der Waals surface area contributed by atoms with Gasteiger partial charge in [0.15, 0.2) is 0 Å². The summed E-state index contributed by atoms with van der Waals surface area (Å²) in [6.07, 6.45) is 1.68. The first kappa shape index (κ1) is 18.9. The van der Waals surface area contributed by atoms with Crippen LogP contribution in [-0.4, -0.2) is 11.1 Å². The van der Waals surface area contributed by atoms with Gasteiger partial charge in [0.05, 0.1) is 17.2 Å². The molecule has 0 aliphatic carbocycles. The first-order chi connectivity index (χ1) is 13.5. The molecule has 5 heteroatoms. The zero-order chi connectivity index (χ0) is 19.9. The summed E-state index contributed by atoms with van der Waals surface area (Å²) in [5.74, 6) is -0.714. The van der Waals surface area contributed by atoms with Crippen LogP contribution in [0.3, 0.4) is 0 Å². The first-order valence-electron chi connectivity index (χ1n) is 8.48. The Morgan fingerprint density at radius 2 is 1.75 bits per heavy atom. The van der Waals surface area contributed by atoms with E-state index in [0.29, 0.717) is 23.5 Å². The number of allylic oxidation sites excluding steroid dienone is 1. The zero-order valence-electron chi connectivity index (χ0n) is 14.8. The average molecular weight is 373 g/mol. The maximum Gasteiger partial charge on any atom is 0.335 e. The number of nitrogens with zero attached hydrogens (tertiary/aromatic N) is 1. The number of halogens is 1. The Bertz CT molecular complexity index is 1050. The van der Waals surface area contributed by atoms with E-state index in [-0.39, 0.29) is 5.56 Å². The topological polar surface area (TPSA) is 70.3 Å². The van der Waals surface area contributed by atoms with E-state index in [9.17, 15) is 14.4 Å². The zero-order valence-corrected chi connectivity index (χ0v) is 14.8. The number of carboxylic acids is 1. The quantitative estimate of drug-likeness (QED) is 0.478. The molecule has 28 heavy (non-hydrogen) atoms. The Labute approximate surface area is 161 Å². The third kappa shape index (κ3) is 4.83. The summed E-state index contributed by atoms with van der Waals surface area (Å²) in [4.78, 5) is 10.9. The van der Waals surface area contributed by atoms with Gasteiger partial charge in [-0.05, 0) is 59.2 Å². The van der Waals surface area contributed by atoms with Crippen molar-refractivity contribution in [2.24, 2.45) is 0 Å². The number of carbonyl (C=O) groups is 1. The van der Waals surface area contributed by atoms with Crippen LogP contribution >= 0.6 is 0 Å². The number of hydrogen-bond acceptors (Lipinski definition) is 3. The summed E-state index contributed by atoms with van der Waals surface area (Å²) in [5.41, 5.74) is 2.76. The van der Waals surface area contributed by atoms with Crippen molar-refractivity contribution in [2.45, 2.75) is 6.61 Å². The lowest BCUT2D eigenvalue weighted by Crippen LogP contribution is -1.98. The van der Waals surface area contributed by atoms with Gasteiger partial charge in [0.25, 0.3) is 0 Å². The highest BCUT2D eigenvalue weighted by Crippen LogP contribution is 2.21. The number of aromatic carboxylic acids is 1. The smallest absolute Gasteiger partial charge is 0.335 e. The lowest BCUT2D eigenvalue weighted by Gasteiger charge is -2.07. The maximum atomic E-state index is 13.4. The van der Waals surface area contributed by atoms with Crippen LogP contribution in [0, 0.1) is 17.1 Å². The van der Waals surface area contributed by atoms with Crippen LogP contribution in [0.25, 0.3) is 11.6 Å². The minimum Gasteiger partial charge on any atom is -0.489 e. The molecule has 0 bridgehead atoms. The third-order valence-electron chi connectivity index (χ3n) is 4.05. The highest BCUT2D eigenvalue weighted by molar-refractivity contribution is 5.89. The van der Waals surface area contributed by atoms with E-state index in [4.69, 9.17) is 9.84 Å². The number of benzene rings is 3. The predicted molar refractivity (Wildman–Crippen MR) is 104 cm³/mol. The van der Waals surface area contributed by atoms with Crippen molar-refractivity contribution in [3.05, 3.63) is 101 Å². The molecule has 0 spiro atoms. The molecule has 3 rings (SSSR count). The summed E-state index contributed by atoms with van der Waals surface area (Å²) < 4.78 is 19.1. The molecular weight excluding hydrogens is 357 g/mol. The van der Waals surface area contributed by atoms with Gasteiger partial charge in [-0.2, -0.15) is 5.26 Å². The Hall–Kier alpha value is -3.91. The number of rotatable bonds is 6. The molecule has 0 aromatic heterocycles. The van der Waals surface area contributed by atoms with Crippen molar-refractivity contribution in [2.75, 3.05) is 0 Å². The van der Waals surface area contributed by atoms with Gasteiger partial charge in [-0.25, -0.2) is 9.18 Å². The Morgan fingerprint density at radius 1 is 1.04 bits per heavy atom. The van der Waals surface area contributed by atoms with E-state index in [1.54, 1.807) is 54.6 Å². The summed E-state index contributed by atoms with van der Waals surface area (Å²) in [6.45, 7) is 0.307. The lowest BCUT2D eigenvalue weighted by atomic mass is 10.0. The number of hydrogen-bond donors (Lipinski definition) is 1. The molecule has 0 unspecified atom stereocenters. The second-order valence-electron chi connectivity index (χ2n) is 6.04. The molecule has 1 N–H and O–H groups in total. The average Bonchev–Trinajstić information content (AvgIpc) is 2.71. The van der Waals surface area contributed by atoms with Crippen LogP contribution in [0.2, 0.25) is 0 Å². The van der Waals surface area contributed by atoms with Gasteiger partial charge in [-0.1, -0.05) is 36.4 Å².